The van der Waals surface area contributed by atoms with Crippen LogP contribution in [0.4, 0.5) is 37.7 Å². The zero-order chi connectivity index (χ0) is 29.1. The molecule has 1 aliphatic carbocycles. The van der Waals surface area contributed by atoms with Gasteiger partial charge >= 0.3 is 12.4 Å². The molecule has 0 spiro atoms. The van der Waals surface area contributed by atoms with Crippen molar-refractivity contribution in [1.29, 1.82) is 0 Å². The van der Waals surface area contributed by atoms with Crippen molar-refractivity contribution in [1.82, 2.24) is 9.88 Å². The fourth-order valence-electron chi connectivity index (χ4n) is 4.77. The minimum atomic E-state index is -4.87. The van der Waals surface area contributed by atoms with Gasteiger partial charge in [0.05, 0.1) is 27.9 Å². The molecule has 14 heteroatoms. The second-order valence-corrected chi connectivity index (χ2v) is 10.1. The Labute approximate surface area is 231 Å². The molecule has 2 aromatic rings. The molecule has 2 aliphatic rings. The van der Waals surface area contributed by atoms with E-state index in [2.05, 4.69) is 16.0 Å². The van der Waals surface area contributed by atoms with Gasteiger partial charge in [0.1, 0.15) is 17.0 Å². The molecular formula is C26H26F6N4O3S. The van der Waals surface area contributed by atoms with Crippen LogP contribution in [0.5, 0.6) is 5.75 Å². The van der Waals surface area contributed by atoms with Crippen molar-refractivity contribution in [2.24, 2.45) is 0 Å². The zero-order valence-corrected chi connectivity index (χ0v) is 22.0. The molecule has 2 fully saturated rings. The smallest absolute Gasteiger partial charge is 0.433 e. The third-order valence-electron chi connectivity index (χ3n) is 6.95. The Morgan fingerprint density at radius 1 is 1.05 bits per heavy atom. The first-order valence-corrected chi connectivity index (χ1v) is 13.0. The van der Waals surface area contributed by atoms with Crippen molar-refractivity contribution >= 4 is 28.6 Å². The van der Waals surface area contributed by atoms with Crippen molar-refractivity contribution in [2.75, 3.05) is 31.1 Å². The molecular weight excluding hydrogens is 562 g/mol. The zero-order valence-electron chi connectivity index (χ0n) is 21.2. The number of rotatable bonds is 6. The van der Waals surface area contributed by atoms with E-state index in [1.54, 1.807) is 0 Å². The summed E-state index contributed by atoms with van der Waals surface area (Å²) in [5.41, 5.74) is -1.47. The van der Waals surface area contributed by atoms with Gasteiger partial charge < -0.3 is 14.5 Å². The summed E-state index contributed by atoms with van der Waals surface area (Å²) in [6.45, 7) is 2.46. The van der Waals surface area contributed by atoms with E-state index in [1.807, 2.05) is 4.90 Å². The van der Waals surface area contributed by atoms with Crippen LogP contribution in [0, 0.1) is 10.1 Å². The number of benzene rings is 1. The number of anilines is 1. The monoisotopic (exact) mass is 588 g/mol. The quantitative estimate of drug-likeness (QED) is 0.121. The van der Waals surface area contributed by atoms with Gasteiger partial charge in [-0.15, -0.1) is 0 Å². The number of pyridine rings is 1. The molecule has 1 aromatic carbocycles. The molecule has 7 nitrogen and oxygen atoms in total. The third kappa shape index (κ3) is 7.40. The van der Waals surface area contributed by atoms with Crippen LogP contribution >= 0.6 is 12.2 Å². The lowest BCUT2D eigenvalue weighted by atomic mass is 9.91. The average molecular weight is 589 g/mol. The lowest BCUT2D eigenvalue weighted by Crippen LogP contribution is -2.48. The van der Waals surface area contributed by atoms with Crippen molar-refractivity contribution in [2.45, 2.75) is 50.6 Å². The molecule has 216 valence electrons. The van der Waals surface area contributed by atoms with Gasteiger partial charge in [0.2, 0.25) is 0 Å². The van der Waals surface area contributed by atoms with Crippen LogP contribution in [0.2, 0.25) is 0 Å². The summed E-state index contributed by atoms with van der Waals surface area (Å²) >= 11 is 5.60. The van der Waals surface area contributed by atoms with Crippen LogP contribution < -0.4 is 9.64 Å². The van der Waals surface area contributed by atoms with E-state index in [-0.39, 0.29) is 11.9 Å². The standard InChI is InChI=1S/C26H26F6N4O3S/c27-25(28,29)21-15-20(7-8-22(21)36(37)38)39-19-5-1-17(2-6-19)3-10-24(40)35-13-11-34(12-14-35)18-4-9-23(33-16-18)26(30,31)32/h3-4,7-9,15-16,19H,1-2,5-6,10-14H2. The Bertz CT molecular complexity index is 1250. The van der Waals surface area contributed by atoms with Crippen LogP contribution in [0.1, 0.15) is 43.4 Å². The molecule has 0 unspecified atom stereocenters. The first-order valence-electron chi connectivity index (χ1n) is 12.6. The number of hydrogen-bond acceptors (Lipinski definition) is 6. The number of allylic oxidation sites excluding steroid dienone is 1. The largest absolute Gasteiger partial charge is 0.490 e. The van der Waals surface area contributed by atoms with E-state index in [0.717, 1.165) is 17.1 Å². The van der Waals surface area contributed by atoms with Gasteiger partial charge in [-0.3, -0.25) is 10.1 Å². The minimum absolute atomic E-state index is 0.0530. The maximum atomic E-state index is 13.2. The molecule has 0 atom stereocenters. The van der Waals surface area contributed by atoms with E-state index >= 15 is 0 Å². The van der Waals surface area contributed by atoms with Crippen molar-refractivity contribution in [3.63, 3.8) is 0 Å². The number of aromatic nitrogens is 1. The average Bonchev–Trinajstić information content (AvgIpc) is 2.91. The highest BCUT2D eigenvalue weighted by Gasteiger charge is 2.39. The molecule has 1 aliphatic heterocycles. The topological polar surface area (TPSA) is 71.7 Å². The number of thiocarbonyl (C=S) groups is 1. The van der Waals surface area contributed by atoms with E-state index in [9.17, 15) is 36.5 Å². The molecule has 0 bridgehead atoms. The summed E-state index contributed by atoms with van der Waals surface area (Å²) in [5, 5.41) is 10.9. The maximum Gasteiger partial charge on any atom is 0.433 e. The van der Waals surface area contributed by atoms with Gasteiger partial charge in [0.15, 0.2) is 0 Å². The molecule has 1 saturated heterocycles. The first kappa shape index (κ1) is 29.6. The van der Waals surface area contributed by atoms with Crippen LogP contribution in [0.15, 0.2) is 48.2 Å². The van der Waals surface area contributed by atoms with Gasteiger partial charge in [-0.1, -0.05) is 23.9 Å². The molecule has 4 rings (SSSR count). The highest BCUT2D eigenvalue weighted by Crippen LogP contribution is 2.39. The summed E-state index contributed by atoms with van der Waals surface area (Å²) in [6, 6.07) is 5.07. The Morgan fingerprint density at radius 3 is 2.27 bits per heavy atom. The number of piperazine rings is 1. The van der Waals surface area contributed by atoms with Crippen molar-refractivity contribution in [3.8, 4) is 5.75 Å². The van der Waals surface area contributed by atoms with E-state index in [4.69, 9.17) is 17.0 Å². The number of nitro groups is 1. The highest BCUT2D eigenvalue weighted by molar-refractivity contribution is 7.80. The number of hydrogen-bond donors (Lipinski definition) is 0. The predicted molar refractivity (Wildman–Crippen MR) is 139 cm³/mol. The number of halogens is 6. The maximum absolute atomic E-state index is 13.2. The van der Waals surface area contributed by atoms with Crippen LogP contribution in [-0.4, -0.2) is 52.1 Å². The van der Waals surface area contributed by atoms with Crippen molar-refractivity contribution in [3.05, 3.63) is 69.5 Å². The summed E-state index contributed by atoms with van der Waals surface area (Å²) in [6.07, 6.45) is -3.20. The molecule has 2 heterocycles. The lowest BCUT2D eigenvalue weighted by molar-refractivity contribution is -0.388. The lowest BCUT2D eigenvalue weighted by Gasteiger charge is -2.37. The van der Waals surface area contributed by atoms with E-state index in [1.165, 1.54) is 23.9 Å². The van der Waals surface area contributed by atoms with Gasteiger partial charge in [-0.05, 0) is 49.9 Å². The number of nitro benzene ring substituents is 1. The second-order valence-electron chi connectivity index (χ2n) is 9.58. The number of alkyl halides is 6. The predicted octanol–water partition coefficient (Wildman–Crippen LogP) is 6.81. The minimum Gasteiger partial charge on any atom is -0.490 e. The molecule has 1 aromatic heterocycles. The van der Waals surface area contributed by atoms with Crippen LogP contribution in [-0.2, 0) is 12.4 Å². The Kier molecular flexibility index (Phi) is 8.86. The van der Waals surface area contributed by atoms with E-state index in [0.29, 0.717) is 70.0 Å². The van der Waals surface area contributed by atoms with E-state index < -0.39 is 34.2 Å². The Balaban J connectivity index is 1.23. The summed E-state index contributed by atoms with van der Waals surface area (Å²) in [4.78, 5) is 18.2. The van der Waals surface area contributed by atoms with Gasteiger partial charge in [-0.2, -0.15) is 26.3 Å². The normalized spacial score (nSPS) is 18.4. The molecule has 0 amide bonds. The summed E-state index contributed by atoms with van der Waals surface area (Å²) in [7, 11) is 0. The van der Waals surface area contributed by atoms with Gasteiger partial charge in [-0.25, -0.2) is 4.98 Å². The Morgan fingerprint density at radius 2 is 1.73 bits per heavy atom. The number of nitrogens with zero attached hydrogens (tertiary/aromatic N) is 4. The summed E-state index contributed by atoms with van der Waals surface area (Å²) < 4.78 is 83.6. The fourth-order valence-corrected chi connectivity index (χ4v) is 5.03. The number of ether oxygens (including phenoxy) is 1. The molecule has 1 saturated carbocycles. The van der Waals surface area contributed by atoms with Crippen LogP contribution in [0.3, 0.4) is 0 Å². The highest BCUT2D eigenvalue weighted by atomic mass is 32.1. The third-order valence-corrected chi connectivity index (χ3v) is 7.37. The van der Waals surface area contributed by atoms with Crippen molar-refractivity contribution < 1.29 is 36.0 Å². The molecule has 0 radical (unpaired) electrons. The second kappa shape index (κ2) is 12.0. The first-order chi connectivity index (χ1) is 18.8. The molecule has 0 N–H and O–H groups in total. The molecule has 40 heavy (non-hydrogen) atoms. The summed E-state index contributed by atoms with van der Waals surface area (Å²) in [5.74, 6) is -0.0530. The van der Waals surface area contributed by atoms with Gasteiger partial charge in [0, 0.05) is 38.7 Å². The van der Waals surface area contributed by atoms with Crippen LogP contribution in [0.25, 0.3) is 0 Å². The SMILES string of the molecule is O=[N+]([O-])c1ccc(OC2CCC(=CCC(=S)N3CCN(c4ccc(C(F)(F)F)nc4)CC3)CC2)cc1C(F)(F)F. The fraction of sp³-hybridized carbons (Fsp3) is 0.462. The van der Waals surface area contributed by atoms with Gasteiger partial charge in [0.25, 0.3) is 5.69 Å². The Hall–Kier alpha value is -3.42.